The van der Waals surface area contributed by atoms with E-state index < -0.39 is 0 Å². The van der Waals surface area contributed by atoms with E-state index in [4.69, 9.17) is 9.15 Å². The molecule has 1 aliphatic heterocycles. The van der Waals surface area contributed by atoms with E-state index in [9.17, 15) is 0 Å². The fourth-order valence-corrected chi connectivity index (χ4v) is 8.07. The van der Waals surface area contributed by atoms with Crippen molar-refractivity contribution in [3.05, 3.63) is 192 Å². The Morgan fingerprint density at radius 2 is 1.14 bits per heavy atom. The van der Waals surface area contributed by atoms with E-state index in [0.717, 1.165) is 68.3 Å². The van der Waals surface area contributed by atoms with E-state index in [1.807, 2.05) is 0 Å². The summed E-state index contributed by atoms with van der Waals surface area (Å²) in [5, 5.41) is 2.24. The monoisotopic (exact) mass is 642 g/mol. The molecule has 1 aromatic heterocycles. The number of fused-ring (bicyclic) bond motifs is 7. The van der Waals surface area contributed by atoms with Gasteiger partial charge in [-0.15, -0.1) is 0 Å². The number of benzene rings is 6. The predicted molar refractivity (Wildman–Crippen MR) is 207 cm³/mol. The summed E-state index contributed by atoms with van der Waals surface area (Å²) in [4.78, 5) is 0. The standard InChI is InChI=1S/C48H34O2/c1-6-16-31(17-7-1)36-26-38(33-20-10-3-11-21-33)45-41(28-36)42-30-40(35-24-14-5-15-25-35)47-44(48(42)49-45)43-29-37(32-18-8-2-9-19-32)27-39(46(43)50-47)34-22-12-4-13-23-34/h2-6,8-30,43,46H,1,7H2. The SMILES string of the molecule is C1=CC(c2cc(-c3ccccc3)c3oc4c5c(c(-c6ccccc6)cc4c3c2)OC2C(c3ccccc3)=CC(c3ccccc3)=CC52)=CCC1. The summed E-state index contributed by atoms with van der Waals surface area (Å²) >= 11 is 0. The molecule has 0 spiro atoms. The lowest BCUT2D eigenvalue weighted by molar-refractivity contribution is 0.279. The zero-order valence-electron chi connectivity index (χ0n) is 27.6. The van der Waals surface area contributed by atoms with Crippen LogP contribution in [-0.2, 0) is 0 Å². The Hall–Kier alpha value is -6.12. The van der Waals surface area contributed by atoms with E-state index in [-0.39, 0.29) is 12.0 Å². The average molecular weight is 643 g/mol. The van der Waals surface area contributed by atoms with Crippen molar-refractivity contribution in [1.82, 2.24) is 0 Å². The van der Waals surface area contributed by atoms with Crippen molar-refractivity contribution in [3.63, 3.8) is 0 Å². The molecule has 238 valence electrons. The summed E-state index contributed by atoms with van der Waals surface area (Å²) in [6.45, 7) is 0. The molecule has 0 saturated carbocycles. The fourth-order valence-electron chi connectivity index (χ4n) is 8.07. The van der Waals surface area contributed by atoms with Gasteiger partial charge in [-0.05, 0) is 76.1 Å². The average Bonchev–Trinajstić information content (AvgIpc) is 3.77. The summed E-state index contributed by atoms with van der Waals surface area (Å²) in [6.07, 6.45) is 13.6. The highest BCUT2D eigenvalue weighted by Crippen LogP contribution is 2.56. The molecule has 10 rings (SSSR count). The summed E-state index contributed by atoms with van der Waals surface area (Å²) in [7, 11) is 0. The first-order valence-corrected chi connectivity index (χ1v) is 17.6. The number of rotatable bonds is 5. The second-order valence-corrected chi connectivity index (χ2v) is 13.4. The molecular formula is C48H34O2. The Balaban J connectivity index is 1.29. The Bertz CT molecular complexity index is 2530. The van der Waals surface area contributed by atoms with Crippen LogP contribution in [0.25, 0.3) is 60.9 Å². The van der Waals surface area contributed by atoms with Crippen molar-refractivity contribution in [3.8, 4) is 28.0 Å². The van der Waals surface area contributed by atoms with E-state index in [0.29, 0.717) is 0 Å². The molecule has 0 N–H and O–H groups in total. The molecular weight excluding hydrogens is 609 g/mol. The van der Waals surface area contributed by atoms with Gasteiger partial charge in [-0.1, -0.05) is 146 Å². The van der Waals surface area contributed by atoms with Gasteiger partial charge in [0.25, 0.3) is 0 Å². The van der Waals surface area contributed by atoms with Gasteiger partial charge >= 0.3 is 0 Å². The van der Waals surface area contributed by atoms with Gasteiger partial charge in [0.05, 0.1) is 5.92 Å². The number of hydrogen-bond donors (Lipinski definition) is 0. The van der Waals surface area contributed by atoms with Gasteiger partial charge in [0, 0.05) is 33.0 Å². The summed E-state index contributed by atoms with van der Waals surface area (Å²) in [5.41, 5.74) is 14.6. The van der Waals surface area contributed by atoms with Crippen LogP contribution in [0.15, 0.2) is 174 Å². The highest BCUT2D eigenvalue weighted by Gasteiger charge is 2.42. The van der Waals surface area contributed by atoms with E-state index in [1.54, 1.807) is 0 Å². The second-order valence-electron chi connectivity index (χ2n) is 13.4. The first-order valence-electron chi connectivity index (χ1n) is 17.6. The molecule has 2 unspecified atom stereocenters. The molecule has 0 saturated heterocycles. The van der Waals surface area contributed by atoms with Gasteiger partial charge in [-0.2, -0.15) is 0 Å². The lowest BCUT2D eigenvalue weighted by atomic mass is 9.79. The zero-order chi connectivity index (χ0) is 33.0. The number of ether oxygens (including phenoxy) is 1. The summed E-state index contributed by atoms with van der Waals surface area (Å²) in [5.74, 6) is 0.861. The molecule has 0 amide bonds. The maximum atomic E-state index is 7.19. The molecule has 0 fully saturated rings. The minimum atomic E-state index is -0.192. The van der Waals surface area contributed by atoms with Gasteiger partial charge in [0.2, 0.25) is 0 Å². The van der Waals surface area contributed by atoms with Gasteiger partial charge in [0.1, 0.15) is 23.0 Å². The van der Waals surface area contributed by atoms with Crippen LogP contribution in [0.2, 0.25) is 0 Å². The van der Waals surface area contributed by atoms with E-state index in [1.165, 1.54) is 33.4 Å². The molecule has 2 heterocycles. The molecule has 0 bridgehead atoms. The van der Waals surface area contributed by atoms with Crippen molar-refractivity contribution in [2.45, 2.75) is 24.9 Å². The molecule has 2 heteroatoms. The van der Waals surface area contributed by atoms with E-state index in [2.05, 4.69) is 170 Å². The van der Waals surface area contributed by atoms with Crippen LogP contribution >= 0.6 is 0 Å². The summed E-state index contributed by atoms with van der Waals surface area (Å²) < 4.78 is 14.4. The first-order chi connectivity index (χ1) is 24.8. The molecule has 7 aromatic rings. The van der Waals surface area contributed by atoms with E-state index >= 15 is 0 Å². The molecule has 0 radical (unpaired) electrons. The second kappa shape index (κ2) is 11.8. The number of furan rings is 1. The van der Waals surface area contributed by atoms with Crippen LogP contribution in [0.3, 0.4) is 0 Å². The Labute approximate surface area is 292 Å². The van der Waals surface area contributed by atoms with Crippen LogP contribution in [0.5, 0.6) is 5.75 Å². The minimum Gasteiger partial charge on any atom is -0.484 e. The lowest BCUT2D eigenvalue weighted by Gasteiger charge is -2.26. The quantitative estimate of drug-likeness (QED) is 0.186. The Morgan fingerprint density at radius 3 is 1.80 bits per heavy atom. The van der Waals surface area contributed by atoms with Crippen LogP contribution in [0, 0.1) is 0 Å². The molecule has 3 aliphatic rings. The molecule has 2 nitrogen and oxygen atoms in total. The highest BCUT2D eigenvalue weighted by atomic mass is 16.5. The van der Waals surface area contributed by atoms with Crippen LogP contribution < -0.4 is 4.74 Å². The third-order valence-corrected chi connectivity index (χ3v) is 10.4. The van der Waals surface area contributed by atoms with Gasteiger partial charge in [0.15, 0.2) is 0 Å². The number of hydrogen-bond acceptors (Lipinski definition) is 2. The largest absolute Gasteiger partial charge is 0.484 e. The minimum absolute atomic E-state index is 0.0456. The smallest absolute Gasteiger partial charge is 0.143 e. The maximum Gasteiger partial charge on any atom is 0.143 e. The molecule has 2 atom stereocenters. The number of allylic oxidation sites excluding steroid dienone is 6. The van der Waals surface area contributed by atoms with Gasteiger partial charge in [-0.3, -0.25) is 0 Å². The zero-order valence-corrected chi connectivity index (χ0v) is 27.6. The molecule has 2 aliphatic carbocycles. The summed E-state index contributed by atoms with van der Waals surface area (Å²) in [6, 6.07) is 49.7. The highest BCUT2D eigenvalue weighted by molar-refractivity contribution is 6.14. The van der Waals surface area contributed by atoms with Crippen molar-refractivity contribution in [2.24, 2.45) is 0 Å². The Kier molecular flexibility index (Phi) is 6.80. The fraction of sp³-hybridized carbons (Fsp3) is 0.0833. The van der Waals surface area contributed by atoms with Crippen molar-refractivity contribution in [1.29, 1.82) is 0 Å². The predicted octanol–water partition coefficient (Wildman–Crippen LogP) is 12.7. The van der Waals surface area contributed by atoms with Crippen molar-refractivity contribution < 1.29 is 9.15 Å². The third kappa shape index (κ3) is 4.71. The van der Waals surface area contributed by atoms with Crippen molar-refractivity contribution >= 4 is 38.7 Å². The Morgan fingerprint density at radius 1 is 0.520 bits per heavy atom. The van der Waals surface area contributed by atoms with Crippen LogP contribution in [0.4, 0.5) is 0 Å². The maximum absolute atomic E-state index is 7.19. The first kappa shape index (κ1) is 28.9. The van der Waals surface area contributed by atoms with Crippen LogP contribution in [0.1, 0.15) is 41.0 Å². The van der Waals surface area contributed by atoms with Crippen LogP contribution in [-0.4, -0.2) is 6.10 Å². The topological polar surface area (TPSA) is 22.4 Å². The molecule has 50 heavy (non-hydrogen) atoms. The van der Waals surface area contributed by atoms with Gasteiger partial charge < -0.3 is 9.15 Å². The van der Waals surface area contributed by atoms with Crippen molar-refractivity contribution in [2.75, 3.05) is 0 Å². The lowest BCUT2D eigenvalue weighted by Crippen LogP contribution is -2.22. The van der Waals surface area contributed by atoms with Gasteiger partial charge in [-0.25, -0.2) is 0 Å². The third-order valence-electron chi connectivity index (χ3n) is 10.4. The molecule has 6 aromatic carbocycles. The normalized spacial score (nSPS) is 17.9.